The Bertz CT molecular complexity index is 623. The van der Waals surface area contributed by atoms with Crippen LogP contribution in [0.3, 0.4) is 0 Å². The molecule has 2 aromatic carbocycles. The zero-order valence-corrected chi connectivity index (χ0v) is 9.88. The molecule has 0 saturated heterocycles. The molecule has 0 N–H and O–H groups in total. The van der Waals surface area contributed by atoms with Crippen molar-refractivity contribution in [2.45, 2.75) is 6.92 Å². The highest BCUT2D eigenvalue weighted by Crippen LogP contribution is 2.23. The molecule has 0 aromatic heterocycles. The van der Waals surface area contributed by atoms with Crippen LogP contribution in [0.1, 0.15) is 17.3 Å². The Morgan fingerprint density at radius 2 is 1.78 bits per heavy atom. The summed E-state index contributed by atoms with van der Waals surface area (Å²) in [6.45, 7) is 1.54. The molecule has 2 aromatic rings. The SMILES string of the molecule is CC(=O)c1cccc(-c2ccc(N=C=O)cc2)c1. The fourth-order valence-electron chi connectivity index (χ4n) is 1.70. The van der Waals surface area contributed by atoms with Crippen molar-refractivity contribution in [2.75, 3.05) is 0 Å². The van der Waals surface area contributed by atoms with Crippen molar-refractivity contribution >= 4 is 17.6 Å². The molecule has 0 aliphatic heterocycles. The summed E-state index contributed by atoms with van der Waals surface area (Å²) in [7, 11) is 0. The standard InChI is InChI=1S/C15H11NO2/c1-11(18)13-3-2-4-14(9-13)12-5-7-15(8-6-12)16-10-17/h2-9H,1H3. The third-order valence-electron chi connectivity index (χ3n) is 2.64. The van der Waals surface area contributed by atoms with Crippen LogP contribution in [-0.4, -0.2) is 11.9 Å². The van der Waals surface area contributed by atoms with E-state index in [9.17, 15) is 9.59 Å². The summed E-state index contributed by atoms with van der Waals surface area (Å²) in [6, 6.07) is 14.6. The molecule has 0 radical (unpaired) electrons. The molecule has 0 aliphatic carbocycles. The molecule has 0 saturated carbocycles. The molecule has 88 valence electrons. The van der Waals surface area contributed by atoms with Gasteiger partial charge in [0.1, 0.15) is 0 Å². The van der Waals surface area contributed by atoms with Gasteiger partial charge < -0.3 is 0 Å². The number of rotatable bonds is 3. The largest absolute Gasteiger partial charge is 0.295 e. The topological polar surface area (TPSA) is 46.5 Å². The summed E-state index contributed by atoms with van der Waals surface area (Å²) >= 11 is 0. The smallest absolute Gasteiger partial charge is 0.240 e. The van der Waals surface area contributed by atoms with Crippen LogP contribution in [0.25, 0.3) is 11.1 Å². The van der Waals surface area contributed by atoms with Crippen LogP contribution in [0.15, 0.2) is 53.5 Å². The van der Waals surface area contributed by atoms with Crippen LogP contribution in [0.4, 0.5) is 5.69 Å². The van der Waals surface area contributed by atoms with E-state index in [2.05, 4.69) is 4.99 Å². The van der Waals surface area contributed by atoms with Crippen LogP contribution >= 0.6 is 0 Å². The fourth-order valence-corrected chi connectivity index (χ4v) is 1.70. The van der Waals surface area contributed by atoms with Gasteiger partial charge in [-0.1, -0.05) is 30.3 Å². The van der Waals surface area contributed by atoms with Gasteiger partial charge in [-0.2, -0.15) is 4.99 Å². The van der Waals surface area contributed by atoms with Crippen LogP contribution in [0, 0.1) is 0 Å². The van der Waals surface area contributed by atoms with E-state index < -0.39 is 0 Å². The van der Waals surface area contributed by atoms with Gasteiger partial charge in [-0.05, 0) is 36.2 Å². The van der Waals surface area contributed by atoms with Gasteiger partial charge in [0.15, 0.2) is 5.78 Å². The van der Waals surface area contributed by atoms with Crippen LogP contribution in [0.2, 0.25) is 0 Å². The maximum Gasteiger partial charge on any atom is 0.240 e. The van der Waals surface area contributed by atoms with Crippen LogP contribution in [0.5, 0.6) is 0 Å². The van der Waals surface area contributed by atoms with Gasteiger partial charge in [-0.15, -0.1) is 0 Å². The summed E-state index contributed by atoms with van der Waals surface area (Å²) in [6.07, 6.45) is 1.50. The highest BCUT2D eigenvalue weighted by atomic mass is 16.1. The zero-order valence-electron chi connectivity index (χ0n) is 9.88. The second kappa shape index (κ2) is 5.21. The first-order chi connectivity index (χ1) is 8.70. The molecule has 0 unspecified atom stereocenters. The molecule has 0 heterocycles. The van der Waals surface area contributed by atoms with Crippen molar-refractivity contribution in [3.05, 3.63) is 54.1 Å². The summed E-state index contributed by atoms with van der Waals surface area (Å²) in [4.78, 5) is 25.0. The van der Waals surface area contributed by atoms with Gasteiger partial charge in [0.05, 0.1) is 5.69 Å². The Labute approximate surface area is 105 Å². The van der Waals surface area contributed by atoms with Crippen molar-refractivity contribution in [1.29, 1.82) is 0 Å². The third-order valence-corrected chi connectivity index (χ3v) is 2.64. The van der Waals surface area contributed by atoms with Crippen molar-refractivity contribution in [2.24, 2.45) is 4.99 Å². The Hall–Kier alpha value is -2.51. The van der Waals surface area contributed by atoms with E-state index in [0.717, 1.165) is 11.1 Å². The molecular formula is C15H11NO2. The highest BCUT2D eigenvalue weighted by molar-refractivity contribution is 5.95. The lowest BCUT2D eigenvalue weighted by Gasteiger charge is -2.03. The van der Waals surface area contributed by atoms with Gasteiger partial charge in [0.25, 0.3) is 0 Å². The summed E-state index contributed by atoms with van der Waals surface area (Å²) in [5.41, 5.74) is 3.19. The molecule has 0 amide bonds. The lowest BCUT2D eigenvalue weighted by Crippen LogP contribution is -1.91. The number of nitrogens with zero attached hydrogens (tertiary/aromatic N) is 1. The quantitative estimate of drug-likeness (QED) is 0.465. The molecule has 3 nitrogen and oxygen atoms in total. The van der Waals surface area contributed by atoms with Gasteiger partial charge in [-0.25, -0.2) is 4.79 Å². The first kappa shape index (κ1) is 12.0. The minimum atomic E-state index is 0.0408. The van der Waals surface area contributed by atoms with E-state index in [1.165, 1.54) is 6.08 Å². The number of carbonyl (C=O) groups is 1. The minimum Gasteiger partial charge on any atom is -0.295 e. The number of ketones is 1. The van der Waals surface area contributed by atoms with Crippen molar-refractivity contribution in [1.82, 2.24) is 0 Å². The monoisotopic (exact) mass is 237 g/mol. The van der Waals surface area contributed by atoms with E-state index in [-0.39, 0.29) is 5.78 Å². The molecule has 18 heavy (non-hydrogen) atoms. The van der Waals surface area contributed by atoms with Crippen LogP contribution < -0.4 is 0 Å². The van der Waals surface area contributed by atoms with Crippen molar-refractivity contribution in [3.63, 3.8) is 0 Å². The van der Waals surface area contributed by atoms with Crippen LogP contribution in [-0.2, 0) is 4.79 Å². The van der Waals surface area contributed by atoms with Crippen molar-refractivity contribution < 1.29 is 9.59 Å². The predicted octanol–water partition coefficient (Wildman–Crippen LogP) is 3.52. The maximum absolute atomic E-state index is 11.3. The average molecular weight is 237 g/mol. The number of aliphatic imine (C=N–C) groups is 1. The molecule has 0 aliphatic rings. The number of carbonyl (C=O) groups excluding carboxylic acids is 2. The van der Waals surface area contributed by atoms with E-state index in [0.29, 0.717) is 11.3 Å². The highest BCUT2D eigenvalue weighted by Gasteiger charge is 2.02. The normalized spacial score (nSPS) is 9.61. The number of benzene rings is 2. The summed E-state index contributed by atoms with van der Waals surface area (Å²) in [5.74, 6) is 0.0408. The Morgan fingerprint density at radius 3 is 2.39 bits per heavy atom. The zero-order chi connectivity index (χ0) is 13.0. The molecule has 0 fully saturated rings. The second-order valence-corrected chi connectivity index (χ2v) is 3.89. The fraction of sp³-hybridized carbons (Fsp3) is 0.0667. The Balaban J connectivity index is 2.39. The number of Topliss-reactive ketones (excluding diaryl/α,β-unsaturated/α-hetero) is 1. The van der Waals surface area contributed by atoms with E-state index >= 15 is 0 Å². The molecule has 0 spiro atoms. The van der Waals surface area contributed by atoms with Gasteiger partial charge >= 0.3 is 0 Å². The Kier molecular flexibility index (Phi) is 3.46. The van der Waals surface area contributed by atoms with E-state index in [4.69, 9.17) is 0 Å². The lowest BCUT2D eigenvalue weighted by molar-refractivity contribution is 0.101. The van der Waals surface area contributed by atoms with E-state index in [1.807, 2.05) is 30.3 Å². The molecule has 3 heteroatoms. The minimum absolute atomic E-state index is 0.0408. The molecule has 0 atom stereocenters. The average Bonchev–Trinajstić information content (AvgIpc) is 2.40. The first-order valence-electron chi connectivity index (χ1n) is 5.50. The lowest BCUT2D eigenvalue weighted by atomic mass is 10.0. The number of hydrogen-bond donors (Lipinski definition) is 0. The second-order valence-electron chi connectivity index (χ2n) is 3.89. The third kappa shape index (κ3) is 2.59. The van der Waals surface area contributed by atoms with Gasteiger partial charge in [0, 0.05) is 5.56 Å². The molecule has 0 bridgehead atoms. The number of hydrogen-bond acceptors (Lipinski definition) is 3. The van der Waals surface area contributed by atoms with Gasteiger partial charge in [0.2, 0.25) is 6.08 Å². The summed E-state index contributed by atoms with van der Waals surface area (Å²) < 4.78 is 0. The first-order valence-corrected chi connectivity index (χ1v) is 5.50. The Morgan fingerprint density at radius 1 is 1.06 bits per heavy atom. The number of isocyanates is 1. The predicted molar refractivity (Wildman–Crippen MR) is 69.7 cm³/mol. The maximum atomic E-state index is 11.3. The molecular weight excluding hydrogens is 226 g/mol. The van der Waals surface area contributed by atoms with Crippen molar-refractivity contribution in [3.8, 4) is 11.1 Å². The van der Waals surface area contributed by atoms with E-state index in [1.54, 1.807) is 25.1 Å². The summed E-state index contributed by atoms with van der Waals surface area (Å²) in [5, 5.41) is 0. The van der Waals surface area contributed by atoms with Gasteiger partial charge in [-0.3, -0.25) is 4.79 Å². The molecule has 2 rings (SSSR count).